The summed E-state index contributed by atoms with van der Waals surface area (Å²) in [6, 6.07) is 11.0. The van der Waals surface area contributed by atoms with Gasteiger partial charge in [0, 0.05) is 6.42 Å². The van der Waals surface area contributed by atoms with E-state index in [1.54, 1.807) is 5.82 Å². The van der Waals surface area contributed by atoms with Crippen molar-refractivity contribution in [2.45, 2.75) is 213 Å². The first-order chi connectivity index (χ1) is 21.8. The number of nitrogens with zero attached hydrogens (tertiary/aromatic N) is 2. The molecule has 2 aromatic rings. The molecule has 0 spiro atoms. The van der Waals surface area contributed by atoms with Crippen molar-refractivity contribution >= 4 is 0 Å². The number of aryl methyl sites for hydroxylation is 3. The van der Waals surface area contributed by atoms with E-state index in [2.05, 4.69) is 65.7 Å². The van der Waals surface area contributed by atoms with Crippen LogP contribution >= 0.6 is 0 Å². The average molecular weight is 608 g/mol. The van der Waals surface area contributed by atoms with Gasteiger partial charge in [0.1, 0.15) is 12.4 Å². The molecule has 0 aliphatic rings. The predicted octanol–water partition coefficient (Wildman–Crippen LogP) is 13.1. The topological polar surface area (TPSA) is 8.81 Å². The van der Waals surface area contributed by atoms with Crippen LogP contribution in [-0.4, -0.2) is 4.57 Å². The fraction of sp³-hybridized carbons (Fsp3) is 0.786. The van der Waals surface area contributed by atoms with Gasteiger partial charge in [0.15, 0.2) is 0 Å². The molecule has 44 heavy (non-hydrogen) atoms. The standard InChI is InChI=1S/C42H75N2/c1-3-5-7-9-11-13-15-16-17-18-19-20-21-23-25-30-36-42-43(37-31-26-24-22-14-12-10-8-6-4-2)39-40-44(42)38-32-35-41-33-28-27-29-34-41/h27-29,33-34,39-40H,3-26,30-32,35-38H2,1-2H3/q+1. The summed E-state index contributed by atoms with van der Waals surface area (Å²) in [5, 5.41) is 0. The third kappa shape index (κ3) is 20.5. The lowest BCUT2D eigenvalue weighted by molar-refractivity contribution is -0.704. The summed E-state index contributed by atoms with van der Waals surface area (Å²) in [5.74, 6) is 1.58. The van der Waals surface area contributed by atoms with Crippen molar-refractivity contribution in [2.24, 2.45) is 0 Å². The van der Waals surface area contributed by atoms with Crippen molar-refractivity contribution in [2.75, 3.05) is 0 Å². The first-order valence-electron chi connectivity index (χ1n) is 20.0. The third-order valence-corrected chi connectivity index (χ3v) is 9.80. The summed E-state index contributed by atoms with van der Waals surface area (Å²) in [6.07, 6.45) is 45.6. The molecule has 0 saturated heterocycles. The van der Waals surface area contributed by atoms with Crippen LogP contribution in [0, 0.1) is 0 Å². The highest BCUT2D eigenvalue weighted by Gasteiger charge is 2.16. The highest BCUT2D eigenvalue weighted by Crippen LogP contribution is 2.16. The minimum atomic E-state index is 1.15. The summed E-state index contributed by atoms with van der Waals surface area (Å²) in [6.45, 7) is 6.97. The smallest absolute Gasteiger partial charge is 0.234 e. The summed E-state index contributed by atoms with van der Waals surface area (Å²) in [4.78, 5) is 0. The zero-order chi connectivity index (χ0) is 31.2. The van der Waals surface area contributed by atoms with Gasteiger partial charge in [0.05, 0.1) is 13.1 Å². The highest BCUT2D eigenvalue weighted by molar-refractivity contribution is 5.14. The van der Waals surface area contributed by atoms with Crippen LogP contribution in [0.25, 0.3) is 0 Å². The Balaban J connectivity index is 1.60. The SMILES string of the molecule is CCCCCCCCCCCCCCCCCCc1n(CCCCCCCCCCCC)cc[n+]1CCCc1ccccc1. The van der Waals surface area contributed by atoms with Crippen LogP contribution in [-0.2, 0) is 25.9 Å². The molecular weight excluding hydrogens is 532 g/mol. The Morgan fingerprint density at radius 1 is 0.455 bits per heavy atom. The molecule has 1 aromatic heterocycles. The van der Waals surface area contributed by atoms with Gasteiger partial charge < -0.3 is 0 Å². The zero-order valence-corrected chi connectivity index (χ0v) is 29.9. The monoisotopic (exact) mass is 608 g/mol. The highest BCUT2D eigenvalue weighted by atomic mass is 15.1. The average Bonchev–Trinajstić information content (AvgIpc) is 3.43. The van der Waals surface area contributed by atoms with Crippen molar-refractivity contribution in [3.05, 3.63) is 54.1 Å². The van der Waals surface area contributed by atoms with Crippen LogP contribution in [0.2, 0.25) is 0 Å². The number of benzene rings is 1. The molecule has 1 heterocycles. The normalized spacial score (nSPS) is 11.5. The summed E-state index contributed by atoms with van der Waals surface area (Å²) < 4.78 is 5.20. The van der Waals surface area contributed by atoms with Crippen molar-refractivity contribution in [1.29, 1.82) is 0 Å². The molecular formula is C42H75N2+. The van der Waals surface area contributed by atoms with Gasteiger partial charge in [-0.25, -0.2) is 9.13 Å². The number of hydrogen-bond acceptors (Lipinski definition) is 0. The molecule has 0 aliphatic heterocycles. The molecule has 2 heteroatoms. The van der Waals surface area contributed by atoms with E-state index in [0.29, 0.717) is 0 Å². The van der Waals surface area contributed by atoms with Gasteiger partial charge in [0.25, 0.3) is 5.82 Å². The summed E-state index contributed by atoms with van der Waals surface area (Å²) in [7, 11) is 0. The van der Waals surface area contributed by atoms with Crippen LogP contribution in [0.4, 0.5) is 0 Å². The molecule has 252 valence electrons. The van der Waals surface area contributed by atoms with Crippen LogP contribution < -0.4 is 4.57 Å². The van der Waals surface area contributed by atoms with Crippen LogP contribution in [0.1, 0.15) is 199 Å². The molecule has 2 nitrogen and oxygen atoms in total. The molecule has 0 aliphatic carbocycles. The van der Waals surface area contributed by atoms with E-state index in [9.17, 15) is 0 Å². The van der Waals surface area contributed by atoms with E-state index in [-0.39, 0.29) is 0 Å². The number of rotatable bonds is 32. The van der Waals surface area contributed by atoms with E-state index in [1.807, 2.05) is 0 Å². The van der Waals surface area contributed by atoms with E-state index >= 15 is 0 Å². The largest absolute Gasteiger partial charge is 0.256 e. The number of unbranched alkanes of at least 4 members (excludes halogenated alkanes) is 24. The Labute approximate surface area is 275 Å². The van der Waals surface area contributed by atoms with Crippen molar-refractivity contribution < 1.29 is 4.57 Å². The Bertz CT molecular complexity index is 854. The molecule has 0 saturated carbocycles. The molecule has 1 aromatic carbocycles. The number of hydrogen-bond donors (Lipinski definition) is 0. The number of aromatic nitrogens is 2. The van der Waals surface area contributed by atoms with E-state index in [4.69, 9.17) is 0 Å². The summed E-state index contributed by atoms with van der Waals surface area (Å²) >= 11 is 0. The van der Waals surface area contributed by atoms with E-state index in [0.717, 1.165) is 6.54 Å². The molecule has 2 rings (SSSR count). The van der Waals surface area contributed by atoms with Crippen molar-refractivity contribution in [3.63, 3.8) is 0 Å². The van der Waals surface area contributed by atoms with Crippen molar-refractivity contribution in [3.8, 4) is 0 Å². The van der Waals surface area contributed by atoms with Crippen LogP contribution in [0.5, 0.6) is 0 Å². The first kappa shape index (κ1) is 38.6. The molecule has 0 unspecified atom stereocenters. The van der Waals surface area contributed by atoms with Crippen molar-refractivity contribution in [1.82, 2.24) is 4.57 Å². The molecule has 0 N–H and O–H groups in total. The van der Waals surface area contributed by atoms with Crippen LogP contribution in [0.15, 0.2) is 42.7 Å². The van der Waals surface area contributed by atoms with Crippen LogP contribution in [0.3, 0.4) is 0 Å². The molecule has 0 radical (unpaired) electrons. The molecule has 0 atom stereocenters. The lowest BCUT2D eigenvalue weighted by Gasteiger charge is -2.07. The molecule has 0 amide bonds. The van der Waals surface area contributed by atoms with E-state index < -0.39 is 0 Å². The third-order valence-electron chi connectivity index (χ3n) is 9.80. The van der Waals surface area contributed by atoms with E-state index in [1.165, 1.54) is 198 Å². The van der Waals surface area contributed by atoms with Gasteiger partial charge in [0.2, 0.25) is 0 Å². The summed E-state index contributed by atoms with van der Waals surface area (Å²) in [5.41, 5.74) is 1.47. The Morgan fingerprint density at radius 2 is 0.886 bits per heavy atom. The van der Waals surface area contributed by atoms with Gasteiger partial charge in [-0.15, -0.1) is 0 Å². The van der Waals surface area contributed by atoms with Gasteiger partial charge >= 0.3 is 0 Å². The maximum atomic E-state index is 2.61. The minimum absolute atomic E-state index is 1.15. The molecule has 0 fully saturated rings. The second kappa shape index (κ2) is 28.9. The fourth-order valence-electron chi connectivity index (χ4n) is 6.89. The minimum Gasteiger partial charge on any atom is -0.234 e. The second-order valence-corrected chi connectivity index (χ2v) is 13.9. The molecule has 0 bridgehead atoms. The van der Waals surface area contributed by atoms with Gasteiger partial charge in [-0.05, 0) is 37.7 Å². The Hall–Kier alpha value is -1.57. The van der Waals surface area contributed by atoms with Gasteiger partial charge in [-0.3, -0.25) is 0 Å². The fourth-order valence-corrected chi connectivity index (χ4v) is 6.89. The predicted molar refractivity (Wildman–Crippen MR) is 194 cm³/mol. The van der Waals surface area contributed by atoms with Gasteiger partial charge in [-0.2, -0.15) is 0 Å². The Kier molecular flexibility index (Phi) is 25.3. The lowest BCUT2D eigenvalue weighted by atomic mass is 10.0. The lowest BCUT2D eigenvalue weighted by Crippen LogP contribution is -2.37. The second-order valence-electron chi connectivity index (χ2n) is 13.9. The maximum absolute atomic E-state index is 2.61. The quantitative estimate of drug-likeness (QED) is 0.0578. The zero-order valence-electron chi connectivity index (χ0n) is 29.9. The van der Waals surface area contributed by atoms with Gasteiger partial charge in [-0.1, -0.05) is 192 Å². The number of imidazole rings is 1. The Morgan fingerprint density at radius 3 is 1.36 bits per heavy atom. The maximum Gasteiger partial charge on any atom is 0.256 e. The first-order valence-corrected chi connectivity index (χ1v) is 20.0.